The van der Waals surface area contributed by atoms with Gasteiger partial charge in [-0.15, -0.1) is 0 Å². The van der Waals surface area contributed by atoms with E-state index in [1.54, 1.807) is 18.2 Å². The van der Waals surface area contributed by atoms with Gasteiger partial charge in [-0.2, -0.15) is 0 Å². The van der Waals surface area contributed by atoms with Crippen molar-refractivity contribution in [2.45, 2.75) is 4.90 Å². The van der Waals surface area contributed by atoms with Gasteiger partial charge in [0, 0.05) is 23.2 Å². The summed E-state index contributed by atoms with van der Waals surface area (Å²) in [5.41, 5.74) is -0.352. The van der Waals surface area contributed by atoms with Crippen LogP contribution in [-0.2, 0) is 14.8 Å². The van der Waals surface area contributed by atoms with Gasteiger partial charge in [0.1, 0.15) is 11.5 Å². The lowest BCUT2D eigenvalue weighted by molar-refractivity contribution is 0.0686. The van der Waals surface area contributed by atoms with Crippen molar-refractivity contribution in [2.24, 2.45) is 0 Å². The highest BCUT2D eigenvalue weighted by molar-refractivity contribution is 7.89. The van der Waals surface area contributed by atoms with Gasteiger partial charge in [-0.1, -0.05) is 48.0 Å². The number of allylic oxidation sites excluding steroid dienone is 1. The van der Waals surface area contributed by atoms with Crippen molar-refractivity contribution in [1.29, 1.82) is 0 Å². The zero-order chi connectivity index (χ0) is 25.6. The van der Waals surface area contributed by atoms with Crippen molar-refractivity contribution in [3.8, 4) is 0 Å². The van der Waals surface area contributed by atoms with E-state index in [0.717, 1.165) is 33.3 Å². The summed E-state index contributed by atoms with van der Waals surface area (Å²) in [5, 5.41) is 2.04. The van der Waals surface area contributed by atoms with Crippen LogP contribution in [0.3, 0.4) is 0 Å². The smallest absolute Gasteiger partial charge is 0.343 e. The standard InChI is InChI=1S/C27H17ClFNO5S/c1-30-24(25(31)19-7-6-16-4-2-3-5-18(16)14-19)26(35-27(32)17-8-10-20(28)11-9-17)22-15-21(29)12-13-23(22)36(30,33)34/h2-15H,1H3. The summed E-state index contributed by atoms with van der Waals surface area (Å²) in [6.45, 7) is 0. The molecule has 0 bridgehead atoms. The van der Waals surface area contributed by atoms with Crippen LogP contribution in [0.1, 0.15) is 26.3 Å². The van der Waals surface area contributed by atoms with E-state index < -0.39 is 33.3 Å². The van der Waals surface area contributed by atoms with E-state index in [2.05, 4.69) is 0 Å². The second-order valence-corrected chi connectivity index (χ2v) is 10.5. The molecule has 1 aliphatic heterocycles. The molecule has 1 aliphatic rings. The predicted molar refractivity (Wildman–Crippen MR) is 133 cm³/mol. The van der Waals surface area contributed by atoms with Crippen LogP contribution in [0.25, 0.3) is 16.5 Å². The number of rotatable bonds is 4. The van der Waals surface area contributed by atoms with Gasteiger partial charge < -0.3 is 4.74 Å². The maximum atomic E-state index is 14.3. The molecule has 0 atom stereocenters. The molecule has 0 N–H and O–H groups in total. The Morgan fingerprint density at radius 1 is 0.861 bits per heavy atom. The van der Waals surface area contributed by atoms with Crippen molar-refractivity contribution in [3.63, 3.8) is 0 Å². The fraction of sp³-hybridized carbons (Fsp3) is 0.0370. The molecule has 36 heavy (non-hydrogen) atoms. The average molecular weight is 522 g/mol. The van der Waals surface area contributed by atoms with Crippen molar-refractivity contribution in [2.75, 3.05) is 7.05 Å². The Bertz CT molecular complexity index is 1700. The SMILES string of the molecule is CN1C(C(=O)c2ccc3ccccc3c2)=C(OC(=O)c2ccc(Cl)cc2)c2cc(F)ccc2S1(=O)=O. The van der Waals surface area contributed by atoms with Crippen LogP contribution >= 0.6 is 11.6 Å². The summed E-state index contributed by atoms with van der Waals surface area (Å²) < 4.78 is 47.2. The molecule has 0 saturated carbocycles. The van der Waals surface area contributed by atoms with Crippen LogP contribution in [0.15, 0.2) is 95.5 Å². The van der Waals surface area contributed by atoms with Gasteiger partial charge in [-0.3, -0.25) is 9.10 Å². The van der Waals surface area contributed by atoms with E-state index in [1.807, 2.05) is 24.3 Å². The minimum atomic E-state index is -4.24. The third-order valence-corrected chi connectivity index (χ3v) is 7.92. The highest BCUT2D eigenvalue weighted by Crippen LogP contribution is 2.39. The molecule has 6 nitrogen and oxygen atoms in total. The Kier molecular flexibility index (Phi) is 5.86. The molecule has 0 saturated heterocycles. The number of benzene rings is 4. The number of ether oxygens (including phenoxy) is 1. The Morgan fingerprint density at radius 3 is 2.25 bits per heavy atom. The summed E-state index contributed by atoms with van der Waals surface area (Å²) in [7, 11) is -3.06. The topological polar surface area (TPSA) is 80.8 Å². The minimum Gasteiger partial charge on any atom is -0.420 e. The maximum absolute atomic E-state index is 14.3. The third kappa shape index (κ3) is 4.04. The Morgan fingerprint density at radius 2 is 1.53 bits per heavy atom. The van der Waals surface area contributed by atoms with Gasteiger partial charge in [0.15, 0.2) is 5.76 Å². The van der Waals surface area contributed by atoms with Gasteiger partial charge >= 0.3 is 5.97 Å². The molecular formula is C27H17ClFNO5S. The lowest BCUT2D eigenvalue weighted by atomic mass is 10.0. The first-order valence-corrected chi connectivity index (χ1v) is 12.5. The van der Waals surface area contributed by atoms with E-state index in [1.165, 1.54) is 31.3 Å². The molecule has 0 spiro atoms. The second kappa shape index (κ2) is 8.89. The van der Waals surface area contributed by atoms with Crippen molar-refractivity contribution >= 4 is 49.9 Å². The van der Waals surface area contributed by atoms with Crippen molar-refractivity contribution in [3.05, 3.63) is 118 Å². The Labute approximate surface area is 211 Å². The Balaban J connectivity index is 1.72. The molecule has 0 aliphatic carbocycles. The summed E-state index contributed by atoms with van der Waals surface area (Å²) in [4.78, 5) is 26.4. The lowest BCUT2D eigenvalue weighted by Gasteiger charge is -2.30. The Hall–Kier alpha value is -4.01. The molecule has 1 heterocycles. The van der Waals surface area contributed by atoms with Crippen molar-refractivity contribution in [1.82, 2.24) is 4.31 Å². The van der Waals surface area contributed by atoms with Crippen LogP contribution in [0, 0.1) is 5.82 Å². The van der Waals surface area contributed by atoms with E-state index in [-0.39, 0.29) is 27.3 Å². The number of nitrogens with zero attached hydrogens (tertiary/aromatic N) is 1. The number of hydrogen-bond acceptors (Lipinski definition) is 5. The number of carbonyl (C=O) groups is 2. The van der Waals surface area contributed by atoms with Crippen LogP contribution < -0.4 is 0 Å². The molecule has 4 aromatic rings. The fourth-order valence-electron chi connectivity index (χ4n) is 4.00. The summed E-state index contributed by atoms with van der Waals surface area (Å²) in [6, 6.07) is 21.1. The first kappa shape index (κ1) is 23.7. The van der Waals surface area contributed by atoms with Gasteiger partial charge in [-0.05, 0) is 59.3 Å². The van der Waals surface area contributed by atoms with Crippen LogP contribution in [-0.4, -0.2) is 31.5 Å². The van der Waals surface area contributed by atoms with Crippen LogP contribution in [0.2, 0.25) is 5.02 Å². The number of likely N-dealkylation sites (N-methyl/N-ethyl adjacent to an activating group) is 1. The summed E-state index contributed by atoms with van der Waals surface area (Å²) in [5.74, 6) is -2.69. The number of Topliss-reactive ketones (excluding diaryl/α,β-unsaturated/α-hetero) is 1. The molecule has 180 valence electrons. The van der Waals surface area contributed by atoms with E-state index in [9.17, 15) is 22.4 Å². The molecule has 0 aromatic heterocycles. The number of sulfonamides is 1. The average Bonchev–Trinajstić information content (AvgIpc) is 2.87. The highest BCUT2D eigenvalue weighted by atomic mass is 35.5. The zero-order valence-electron chi connectivity index (χ0n) is 18.7. The number of ketones is 1. The lowest BCUT2D eigenvalue weighted by Crippen LogP contribution is -2.36. The molecule has 0 radical (unpaired) electrons. The number of fused-ring (bicyclic) bond motifs is 2. The van der Waals surface area contributed by atoms with Crippen LogP contribution in [0.4, 0.5) is 4.39 Å². The fourth-order valence-corrected chi connectivity index (χ4v) is 5.49. The number of carbonyl (C=O) groups excluding carboxylic acids is 2. The van der Waals surface area contributed by atoms with Gasteiger partial charge in [-0.25, -0.2) is 17.6 Å². The molecular weight excluding hydrogens is 505 g/mol. The summed E-state index contributed by atoms with van der Waals surface area (Å²) in [6.07, 6.45) is 0. The normalized spacial score (nSPS) is 14.5. The second-order valence-electron chi connectivity index (χ2n) is 8.08. The minimum absolute atomic E-state index is 0.110. The van der Waals surface area contributed by atoms with Crippen molar-refractivity contribution < 1.29 is 27.1 Å². The first-order valence-electron chi connectivity index (χ1n) is 10.7. The van der Waals surface area contributed by atoms with Crippen LogP contribution in [0.5, 0.6) is 0 Å². The van der Waals surface area contributed by atoms with Gasteiger partial charge in [0.2, 0.25) is 5.78 Å². The molecule has 5 rings (SSSR count). The quantitative estimate of drug-likeness (QED) is 0.255. The maximum Gasteiger partial charge on any atom is 0.343 e. The number of esters is 1. The molecule has 9 heteroatoms. The van der Waals surface area contributed by atoms with Gasteiger partial charge in [0.05, 0.1) is 10.5 Å². The number of halogens is 2. The van der Waals surface area contributed by atoms with Gasteiger partial charge in [0.25, 0.3) is 10.0 Å². The molecule has 0 unspecified atom stereocenters. The molecule has 0 fully saturated rings. The largest absolute Gasteiger partial charge is 0.420 e. The summed E-state index contributed by atoms with van der Waals surface area (Å²) >= 11 is 5.90. The van der Waals surface area contributed by atoms with E-state index in [4.69, 9.17) is 16.3 Å². The highest BCUT2D eigenvalue weighted by Gasteiger charge is 2.40. The molecule has 4 aromatic carbocycles. The monoisotopic (exact) mass is 521 g/mol. The van der Waals surface area contributed by atoms with E-state index >= 15 is 0 Å². The zero-order valence-corrected chi connectivity index (χ0v) is 20.3. The first-order chi connectivity index (χ1) is 17.2. The number of hydrogen-bond donors (Lipinski definition) is 0. The van der Waals surface area contributed by atoms with E-state index in [0.29, 0.717) is 5.02 Å². The third-order valence-electron chi connectivity index (χ3n) is 5.86. The molecule has 0 amide bonds. The predicted octanol–water partition coefficient (Wildman–Crippen LogP) is 5.67.